The fourth-order valence-electron chi connectivity index (χ4n) is 3.16. The van der Waals surface area contributed by atoms with Gasteiger partial charge in [0.05, 0.1) is 0 Å². The zero-order valence-corrected chi connectivity index (χ0v) is 14.2. The molecule has 24 heavy (non-hydrogen) atoms. The molecule has 122 valence electrons. The van der Waals surface area contributed by atoms with Crippen LogP contribution in [0.25, 0.3) is 4.96 Å². The van der Waals surface area contributed by atoms with Gasteiger partial charge in [0.25, 0.3) is 11.5 Å². The lowest BCUT2D eigenvalue weighted by Gasteiger charge is -2.06. The van der Waals surface area contributed by atoms with Crippen molar-refractivity contribution in [2.24, 2.45) is 0 Å². The number of aryl methyl sites for hydroxylation is 3. The molecular weight excluding hydrogens is 322 g/mol. The molecule has 0 spiro atoms. The molecule has 0 atom stereocenters. The van der Waals surface area contributed by atoms with Crippen molar-refractivity contribution in [3.8, 4) is 0 Å². The van der Waals surface area contributed by atoms with Crippen LogP contribution in [0.1, 0.15) is 38.5 Å². The van der Waals surface area contributed by atoms with Crippen LogP contribution in [-0.2, 0) is 19.4 Å². The monoisotopic (exact) mass is 339 g/mol. The van der Waals surface area contributed by atoms with Gasteiger partial charge in [0.1, 0.15) is 5.56 Å². The first-order valence-corrected chi connectivity index (χ1v) is 8.81. The van der Waals surface area contributed by atoms with Crippen molar-refractivity contribution in [2.75, 3.05) is 0 Å². The second-order valence-corrected chi connectivity index (χ2v) is 7.15. The van der Waals surface area contributed by atoms with Crippen molar-refractivity contribution in [3.05, 3.63) is 68.1 Å². The maximum atomic E-state index is 12.7. The summed E-state index contributed by atoms with van der Waals surface area (Å²) >= 11 is 1.55. The minimum absolute atomic E-state index is 0.104. The van der Waals surface area contributed by atoms with Crippen molar-refractivity contribution < 1.29 is 4.79 Å². The van der Waals surface area contributed by atoms with E-state index in [-0.39, 0.29) is 17.0 Å². The van der Waals surface area contributed by atoms with Gasteiger partial charge < -0.3 is 5.32 Å². The van der Waals surface area contributed by atoms with Gasteiger partial charge in [-0.2, -0.15) is 0 Å². The molecule has 0 saturated carbocycles. The van der Waals surface area contributed by atoms with E-state index in [1.165, 1.54) is 11.1 Å². The van der Waals surface area contributed by atoms with Gasteiger partial charge in [-0.1, -0.05) is 29.8 Å². The predicted octanol–water partition coefficient (Wildman–Crippen LogP) is 2.48. The second kappa shape index (κ2) is 5.87. The van der Waals surface area contributed by atoms with Crippen LogP contribution in [0.5, 0.6) is 0 Å². The molecule has 4 rings (SSSR count). The molecule has 0 bridgehead atoms. The Morgan fingerprint density at radius 3 is 3.08 bits per heavy atom. The van der Waals surface area contributed by atoms with Gasteiger partial charge in [0.2, 0.25) is 0 Å². The Balaban J connectivity index is 1.63. The topological polar surface area (TPSA) is 63.5 Å². The molecule has 0 fully saturated rings. The summed E-state index contributed by atoms with van der Waals surface area (Å²) in [5.74, 6) is -0.374. The smallest absolute Gasteiger partial charge is 0.271 e. The third-order valence-electron chi connectivity index (χ3n) is 4.33. The lowest BCUT2D eigenvalue weighted by atomic mass is 10.1. The standard InChI is InChI=1S/C18H17N3O2S/c1-11-4-2-5-12(8-11)9-19-16(22)13-10-20-18-21(17(13)23)14-6-3-7-15(14)24-18/h2,4-5,8,10H,3,6-7,9H2,1H3,(H,19,22). The fourth-order valence-corrected chi connectivity index (χ4v) is 4.33. The highest BCUT2D eigenvalue weighted by molar-refractivity contribution is 7.17. The molecule has 0 aliphatic heterocycles. The van der Waals surface area contributed by atoms with Crippen molar-refractivity contribution in [2.45, 2.75) is 32.7 Å². The van der Waals surface area contributed by atoms with Crippen LogP contribution < -0.4 is 10.9 Å². The molecule has 1 aliphatic rings. The lowest BCUT2D eigenvalue weighted by molar-refractivity contribution is 0.0949. The molecular formula is C18H17N3O2S. The summed E-state index contributed by atoms with van der Waals surface area (Å²) in [6.45, 7) is 2.40. The first kappa shape index (κ1) is 15.1. The van der Waals surface area contributed by atoms with Crippen LogP contribution in [-0.4, -0.2) is 15.3 Å². The maximum Gasteiger partial charge on any atom is 0.271 e. The van der Waals surface area contributed by atoms with E-state index in [1.54, 1.807) is 15.7 Å². The summed E-state index contributed by atoms with van der Waals surface area (Å²) in [4.78, 5) is 31.4. The van der Waals surface area contributed by atoms with E-state index in [1.807, 2.05) is 31.2 Å². The summed E-state index contributed by atoms with van der Waals surface area (Å²) < 4.78 is 1.62. The quantitative estimate of drug-likeness (QED) is 0.797. The highest BCUT2D eigenvalue weighted by atomic mass is 32.1. The number of aromatic nitrogens is 2. The normalized spacial score (nSPS) is 13.2. The highest BCUT2D eigenvalue weighted by Gasteiger charge is 2.22. The molecule has 2 heterocycles. The molecule has 1 amide bonds. The molecule has 5 nitrogen and oxygen atoms in total. The molecule has 1 aromatic carbocycles. The summed E-state index contributed by atoms with van der Waals surface area (Å²) in [6, 6.07) is 7.92. The van der Waals surface area contributed by atoms with E-state index in [4.69, 9.17) is 0 Å². The van der Waals surface area contributed by atoms with Crippen LogP contribution in [0.4, 0.5) is 0 Å². The highest BCUT2D eigenvalue weighted by Crippen LogP contribution is 2.28. The average molecular weight is 339 g/mol. The van der Waals surface area contributed by atoms with E-state index in [0.29, 0.717) is 11.5 Å². The SMILES string of the molecule is Cc1cccc(CNC(=O)c2cnc3sc4c(n3c2=O)CCC4)c1. The molecule has 6 heteroatoms. The second-order valence-electron chi connectivity index (χ2n) is 6.09. The number of thiazole rings is 1. The van der Waals surface area contributed by atoms with Crippen molar-refractivity contribution in [3.63, 3.8) is 0 Å². The van der Waals surface area contributed by atoms with Crippen molar-refractivity contribution in [1.82, 2.24) is 14.7 Å². The van der Waals surface area contributed by atoms with E-state index >= 15 is 0 Å². The van der Waals surface area contributed by atoms with Gasteiger partial charge in [-0.25, -0.2) is 4.98 Å². The largest absolute Gasteiger partial charge is 0.348 e. The molecule has 1 aliphatic carbocycles. The number of hydrogen-bond donors (Lipinski definition) is 1. The van der Waals surface area contributed by atoms with Crippen LogP contribution in [0.15, 0.2) is 35.3 Å². The zero-order valence-electron chi connectivity index (χ0n) is 13.3. The number of carbonyl (C=O) groups excluding carboxylic acids is 1. The zero-order chi connectivity index (χ0) is 16.7. The number of fused-ring (bicyclic) bond motifs is 3. The molecule has 0 unspecified atom stereocenters. The summed E-state index contributed by atoms with van der Waals surface area (Å²) in [6.07, 6.45) is 4.34. The summed E-state index contributed by atoms with van der Waals surface area (Å²) in [5, 5.41) is 2.82. The molecule has 3 aromatic rings. The lowest BCUT2D eigenvalue weighted by Crippen LogP contribution is -2.31. The third kappa shape index (κ3) is 2.53. The Labute approximate surface area is 143 Å². The summed E-state index contributed by atoms with van der Waals surface area (Å²) in [7, 11) is 0. The fraction of sp³-hybridized carbons (Fsp3) is 0.278. The number of carbonyl (C=O) groups is 1. The third-order valence-corrected chi connectivity index (χ3v) is 5.49. The average Bonchev–Trinajstić information content (AvgIpc) is 3.13. The van der Waals surface area contributed by atoms with E-state index < -0.39 is 0 Å². The molecule has 2 aromatic heterocycles. The molecule has 1 N–H and O–H groups in total. The van der Waals surface area contributed by atoms with Crippen molar-refractivity contribution in [1.29, 1.82) is 0 Å². The molecule has 0 saturated heterocycles. The van der Waals surface area contributed by atoms with E-state index in [0.717, 1.165) is 36.1 Å². The minimum atomic E-state index is -0.374. The predicted molar refractivity (Wildman–Crippen MR) is 93.7 cm³/mol. The molecule has 0 radical (unpaired) electrons. The Hall–Kier alpha value is -2.47. The first-order valence-electron chi connectivity index (χ1n) is 7.99. The number of amides is 1. The van der Waals surface area contributed by atoms with Crippen LogP contribution >= 0.6 is 11.3 Å². The minimum Gasteiger partial charge on any atom is -0.348 e. The number of benzene rings is 1. The Morgan fingerprint density at radius 2 is 2.25 bits per heavy atom. The van der Waals surface area contributed by atoms with Crippen LogP contribution in [0.3, 0.4) is 0 Å². The number of hydrogen-bond acceptors (Lipinski definition) is 4. The van der Waals surface area contributed by atoms with Crippen LogP contribution in [0.2, 0.25) is 0 Å². The van der Waals surface area contributed by atoms with Crippen molar-refractivity contribution >= 4 is 22.2 Å². The maximum absolute atomic E-state index is 12.7. The van der Waals surface area contributed by atoms with Gasteiger partial charge in [0.15, 0.2) is 4.96 Å². The first-order chi connectivity index (χ1) is 11.6. The number of nitrogens with one attached hydrogen (secondary N) is 1. The Morgan fingerprint density at radius 1 is 1.38 bits per heavy atom. The van der Waals surface area contributed by atoms with Gasteiger partial charge in [-0.05, 0) is 31.7 Å². The number of nitrogens with zero attached hydrogens (tertiary/aromatic N) is 2. The van der Waals surface area contributed by atoms with Gasteiger partial charge in [-0.15, -0.1) is 11.3 Å². The van der Waals surface area contributed by atoms with Gasteiger partial charge in [0, 0.05) is 23.3 Å². The van der Waals surface area contributed by atoms with Gasteiger partial charge in [-0.3, -0.25) is 14.0 Å². The van der Waals surface area contributed by atoms with E-state index in [2.05, 4.69) is 10.3 Å². The number of rotatable bonds is 3. The van der Waals surface area contributed by atoms with Gasteiger partial charge >= 0.3 is 0 Å². The van der Waals surface area contributed by atoms with Crippen LogP contribution in [0, 0.1) is 6.92 Å². The Bertz CT molecular complexity index is 1000. The summed E-state index contributed by atoms with van der Waals surface area (Å²) in [5.41, 5.74) is 3.02. The van der Waals surface area contributed by atoms with E-state index in [9.17, 15) is 9.59 Å². The Kier molecular flexibility index (Phi) is 3.69.